The van der Waals surface area contributed by atoms with Gasteiger partial charge in [-0.25, -0.2) is 9.97 Å². The van der Waals surface area contributed by atoms with Gasteiger partial charge in [0, 0.05) is 73.5 Å². The number of benzene rings is 13. The zero-order chi connectivity index (χ0) is 96.9. The van der Waals surface area contributed by atoms with Gasteiger partial charge in [0.2, 0.25) is 11.4 Å². The van der Waals surface area contributed by atoms with Gasteiger partial charge < -0.3 is 18.0 Å². The fraction of sp³-hybridized carbons (Fsp3) is 0.222. The summed E-state index contributed by atoms with van der Waals surface area (Å²) in [5.74, 6) is 18.1. The van der Waals surface area contributed by atoms with Crippen molar-refractivity contribution in [3.63, 3.8) is 0 Å². The van der Waals surface area contributed by atoms with E-state index in [-0.39, 0.29) is 52.0 Å². The standard InChI is InChI=1S/C49H42N3O.C41H32N3O.2C18H24GeN.2Ir/c1-28(2)39-26-36(35-21-20-33-15-8-9-16-34(33)25-35)27-40(29(3)4)46(39)52-43-18-11-10-17-41(43)50-48(52)38-22-19-32(7)45-37-23-24-42(51-49(37)53-47(38)45)44-30(5)13-12-14-31(44)6;1-24-12-11-13-25(2)36(24)34-21-20-31-37-26(3)18-19-32(39(37)45-41(31)43-34)40-42-33-16-9-10-17-35(33)44(40)38-27(4)22-30(23-28(38)5)29-14-7-6-8-15-29;2*1-14(2)11-16-12-18(15-9-7-6-8-10-15)20-13-17(16)19(3,4)5;;/h8-21,23-29H,1-7H3;6-18,20-23H,1-5H3;2*6-9,12-14H,11H2,1-5H3;;/q4*-1;;. The van der Waals surface area contributed by atoms with Crippen LogP contribution < -0.4 is 8.79 Å². The van der Waals surface area contributed by atoms with E-state index in [0.717, 1.165) is 152 Å². The number of imidazole rings is 2. The predicted octanol–water partition coefficient (Wildman–Crippen LogP) is 32.7. The Morgan fingerprint density at radius 1 is 0.336 bits per heavy atom. The van der Waals surface area contributed by atoms with E-state index in [9.17, 15) is 0 Å². The van der Waals surface area contributed by atoms with Crippen LogP contribution in [0, 0.1) is 91.5 Å². The van der Waals surface area contributed by atoms with E-state index in [4.69, 9.17) is 38.7 Å². The SMILES string of the molecule is CC(C)Cc1cc(-c2[c-]cccc2)nc[c]1[Ge]([CH3])([CH3])[CH3].CC(C)Cc1cc(-c2[c-]cccc2)nc[c]1[Ge]([CH3])([CH3])[CH3].Cc1cccc(C)c1-c1ccc2c(n1)oc1c(-c3nc4ccccc4n3-c3c(C(C)C)cc(-c4ccc5ccccc5c4)cc3C(C)C)[c-]cc(C)c12.Cc1cccc(C)c1-c1ccc2c(n1)oc1c(-c3nc4ccccc4n3-c3c(C)cc(-c4ccccc4)cc3C)[c-]cc(C)c12.[Ir].[Ir]. The van der Waals surface area contributed by atoms with E-state index in [1.165, 1.54) is 94.3 Å². The second-order valence-electron chi connectivity index (χ2n) is 40.9. The monoisotopic (exact) mass is 2310 g/mol. The van der Waals surface area contributed by atoms with Crippen LogP contribution in [0.4, 0.5) is 0 Å². The number of pyridine rings is 4. The number of aromatic nitrogens is 8. The molecule has 0 bridgehead atoms. The molecule has 14 heteroatoms. The van der Waals surface area contributed by atoms with Crippen LogP contribution in [0.1, 0.15) is 134 Å². The summed E-state index contributed by atoms with van der Waals surface area (Å²) in [5, 5.41) is 6.58. The maximum absolute atomic E-state index is 6.82. The molecule has 21 rings (SSSR count). The maximum Gasteiger partial charge on any atom is 0.216 e. The van der Waals surface area contributed by atoms with Gasteiger partial charge in [0.05, 0.1) is 56.3 Å². The molecule has 140 heavy (non-hydrogen) atoms. The van der Waals surface area contributed by atoms with Crippen LogP contribution in [0.3, 0.4) is 0 Å². The van der Waals surface area contributed by atoms with Crippen LogP contribution in [0.15, 0.2) is 300 Å². The molecule has 0 saturated carbocycles. The summed E-state index contributed by atoms with van der Waals surface area (Å²) in [7, 11) is 0. The van der Waals surface area contributed by atoms with Gasteiger partial charge in [-0.1, -0.05) is 191 Å². The first kappa shape index (κ1) is 101. The Balaban J connectivity index is 0.000000146. The second-order valence-corrected chi connectivity index (χ2v) is 62.0. The van der Waals surface area contributed by atoms with E-state index in [0.29, 0.717) is 23.3 Å². The molecule has 0 amide bonds. The Morgan fingerprint density at radius 3 is 1.16 bits per heavy atom. The van der Waals surface area contributed by atoms with Crippen LogP contribution in [0.5, 0.6) is 0 Å². The molecule has 8 heterocycles. The van der Waals surface area contributed by atoms with Gasteiger partial charge >= 0.3 is 251 Å². The van der Waals surface area contributed by atoms with Crippen molar-refractivity contribution in [2.75, 3.05) is 0 Å². The fourth-order valence-electron chi connectivity index (χ4n) is 20.0. The molecular weight excluding hydrogens is 2190 g/mol. The minimum Gasteiger partial charge on any atom is -0.486 e. The fourth-order valence-corrected chi connectivity index (χ4v) is 26.7. The molecule has 708 valence electrons. The van der Waals surface area contributed by atoms with Crippen molar-refractivity contribution in [3.8, 4) is 101 Å². The Hall–Kier alpha value is -12.4. The third-order valence-corrected chi connectivity index (χ3v) is 35.3. The number of nitrogens with zero attached hydrogens (tertiary/aromatic N) is 8. The normalized spacial score (nSPS) is 11.7. The largest absolute Gasteiger partial charge is 0.486 e. The van der Waals surface area contributed by atoms with Crippen LogP contribution in [0.25, 0.3) is 178 Å². The maximum atomic E-state index is 6.82. The first-order chi connectivity index (χ1) is 66.3. The van der Waals surface area contributed by atoms with Gasteiger partial charge in [0.25, 0.3) is 0 Å². The summed E-state index contributed by atoms with van der Waals surface area (Å²) in [4.78, 5) is 30.2. The molecule has 0 unspecified atom stereocenters. The van der Waals surface area contributed by atoms with Crippen molar-refractivity contribution in [1.29, 1.82) is 0 Å². The van der Waals surface area contributed by atoms with Crippen LogP contribution in [0.2, 0.25) is 34.5 Å². The average Bonchev–Trinajstić information content (AvgIpc) is 1.59. The molecule has 0 aliphatic carbocycles. The Labute approximate surface area is 858 Å². The van der Waals surface area contributed by atoms with Crippen molar-refractivity contribution in [3.05, 3.63) is 382 Å². The molecule has 0 atom stereocenters. The average molecular weight is 2310 g/mol. The molecule has 10 nitrogen and oxygen atoms in total. The number of rotatable bonds is 18. The van der Waals surface area contributed by atoms with Crippen LogP contribution in [-0.2, 0) is 53.1 Å². The van der Waals surface area contributed by atoms with Crippen LogP contribution >= 0.6 is 0 Å². The number of aryl methyl sites for hydroxylation is 8. The van der Waals surface area contributed by atoms with E-state index in [2.05, 4.69) is 422 Å². The summed E-state index contributed by atoms with van der Waals surface area (Å²) in [6, 6.07) is 112. The molecule has 0 spiro atoms. The van der Waals surface area contributed by atoms with Crippen molar-refractivity contribution >= 4 is 112 Å². The zero-order valence-corrected chi connectivity index (χ0v) is 93.5. The van der Waals surface area contributed by atoms with Gasteiger partial charge in [-0.3, -0.25) is 9.97 Å². The quantitative estimate of drug-likeness (QED) is 0.0617. The molecule has 0 aliphatic rings. The Kier molecular flexibility index (Phi) is 30.3. The van der Waals surface area contributed by atoms with Gasteiger partial charge in [0.15, 0.2) is 0 Å². The van der Waals surface area contributed by atoms with Gasteiger partial charge in [-0.2, -0.15) is 0 Å². The number of hydrogen-bond acceptors (Lipinski definition) is 8. The Morgan fingerprint density at radius 2 is 0.743 bits per heavy atom. The van der Waals surface area contributed by atoms with E-state index >= 15 is 0 Å². The molecular formula is C126H122Ge2Ir2N8O2-4. The molecule has 0 N–H and O–H groups in total. The third kappa shape index (κ3) is 20.6. The minimum atomic E-state index is -1.86. The first-order valence-electron chi connectivity index (χ1n) is 48.7. The number of fused-ring (bicyclic) bond motifs is 9. The summed E-state index contributed by atoms with van der Waals surface area (Å²) in [5.41, 5.74) is 38.8. The molecule has 21 aromatic rings. The number of para-hydroxylation sites is 4. The summed E-state index contributed by atoms with van der Waals surface area (Å²) < 4.78 is 21.2. The topological polar surface area (TPSA) is 113 Å². The minimum absolute atomic E-state index is 0. The molecule has 0 fully saturated rings. The smallest absolute Gasteiger partial charge is 0.216 e. The van der Waals surface area contributed by atoms with E-state index in [1.807, 2.05) is 48.5 Å². The van der Waals surface area contributed by atoms with Crippen LogP contribution in [-0.4, -0.2) is 65.6 Å². The van der Waals surface area contributed by atoms with Crippen molar-refractivity contribution in [1.82, 2.24) is 39.0 Å². The van der Waals surface area contributed by atoms with Crippen molar-refractivity contribution < 1.29 is 49.0 Å². The first-order valence-corrected chi connectivity index (χ1v) is 63.4. The summed E-state index contributed by atoms with van der Waals surface area (Å²) >= 11 is -3.72. The second kappa shape index (κ2) is 42.2. The Bertz CT molecular complexity index is 7950. The predicted molar refractivity (Wildman–Crippen MR) is 586 cm³/mol. The summed E-state index contributed by atoms with van der Waals surface area (Å²) in [6.45, 7) is 35.4. The third-order valence-electron chi connectivity index (χ3n) is 26.6. The van der Waals surface area contributed by atoms with Gasteiger partial charge in [-0.15, -0.1) is 35.4 Å². The molecule has 0 saturated heterocycles. The van der Waals surface area contributed by atoms with Gasteiger partial charge in [0.1, 0.15) is 0 Å². The van der Waals surface area contributed by atoms with E-state index in [1.54, 1.807) is 8.79 Å². The molecule has 8 aromatic heterocycles. The zero-order valence-electron chi connectivity index (χ0n) is 84.5. The molecule has 13 aromatic carbocycles. The van der Waals surface area contributed by atoms with Crippen molar-refractivity contribution in [2.24, 2.45) is 11.8 Å². The molecule has 2 radical (unpaired) electrons. The van der Waals surface area contributed by atoms with Crippen molar-refractivity contribution in [2.45, 2.75) is 170 Å². The summed E-state index contributed by atoms with van der Waals surface area (Å²) in [6.07, 6.45) is 6.54. The van der Waals surface area contributed by atoms with Gasteiger partial charge in [-0.05, 0) is 210 Å². The number of hydrogen-bond donors (Lipinski definition) is 0. The van der Waals surface area contributed by atoms with E-state index < -0.39 is 26.5 Å². The number of furan rings is 2. The molecule has 0 aliphatic heterocycles.